The number of halogens is 1. The molecule has 114 valence electrons. The number of furan rings is 1. The maximum atomic E-state index is 5.99. The van der Waals surface area contributed by atoms with Crippen LogP contribution in [0.3, 0.4) is 0 Å². The van der Waals surface area contributed by atoms with Crippen molar-refractivity contribution < 1.29 is 4.42 Å². The van der Waals surface area contributed by atoms with Crippen LogP contribution in [-0.2, 0) is 6.54 Å². The molecule has 4 aromatic heterocycles. The SMILES string of the molecule is Clc1nc(NCc2ccco2)c2nc(-c3cccnc3)[nH]c2n1. The van der Waals surface area contributed by atoms with Crippen LogP contribution in [0.15, 0.2) is 47.3 Å². The summed E-state index contributed by atoms with van der Waals surface area (Å²) < 4.78 is 5.30. The Morgan fingerprint density at radius 2 is 2.13 bits per heavy atom. The van der Waals surface area contributed by atoms with Gasteiger partial charge in [-0.05, 0) is 35.9 Å². The lowest BCUT2D eigenvalue weighted by Crippen LogP contribution is -2.02. The number of nitrogens with one attached hydrogen (secondary N) is 2. The maximum Gasteiger partial charge on any atom is 0.226 e. The van der Waals surface area contributed by atoms with Crippen molar-refractivity contribution in [2.24, 2.45) is 0 Å². The van der Waals surface area contributed by atoms with E-state index in [0.717, 1.165) is 11.3 Å². The second-order valence-corrected chi connectivity index (χ2v) is 5.14. The summed E-state index contributed by atoms with van der Waals surface area (Å²) >= 11 is 5.99. The Kier molecular flexibility index (Phi) is 3.39. The fourth-order valence-electron chi connectivity index (χ4n) is 2.22. The molecule has 4 aromatic rings. The van der Waals surface area contributed by atoms with Crippen LogP contribution in [0.5, 0.6) is 0 Å². The predicted octanol–water partition coefficient (Wildman–Crippen LogP) is 3.27. The number of aromatic amines is 1. The van der Waals surface area contributed by atoms with Crippen LogP contribution in [0.4, 0.5) is 5.82 Å². The van der Waals surface area contributed by atoms with Gasteiger partial charge in [0.1, 0.15) is 11.6 Å². The van der Waals surface area contributed by atoms with Crippen molar-refractivity contribution >= 4 is 28.6 Å². The normalized spacial score (nSPS) is 11.0. The minimum Gasteiger partial charge on any atom is -0.467 e. The lowest BCUT2D eigenvalue weighted by Gasteiger charge is -2.04. The van der Waals surface area contributed by atoms with Crippen LogP contribution in [0.1, 0.15) is 5.76 Å². The highest BCUT2D eigenvalue weighted by molar-refractivity contribution is 6.28. The second-order valence-electron chi connectivity index (χ2n) is 4.80. The molecule has 23 heavy (non-hydrogen) atoms. The molecule has 0 unspecified atom stereocenters. The lowest BCUT2D eigenvalue weighted by molar-refractivity contribution is 0.518. The number of aromatic nitrogens is 5. The van der Waals surface area contributed by atoms with Gasteiger partial charge in [0.25, 0.3) is 0 Å². The third-order valence-corrected chi connectivity index (χ3v) is 3.43. The molecule has 7 nitrogen and oxygen atoms in total. The van der Waals surface area contributed by atoms with Crippen molar-refractivity contribution in [2.45, 2.75) is 6.54 Å². The second kappa shape index (κ2) is 5.69. The smallest absolute Gasteiger partial charge is 0.226 e. The Morgan fingerprint density at radius 1 is 1.17 bits per heavy atom. The molecule has 2 N–H and O–H groups in total. The number of fused-ring (bicyclic) bond motifs is 1. The highest BCUT2D eigenvalue weighted by Crippen LogP contribution is 2.24. The fourth-order valence-corrected chi connectivity index (χ4v) is 2.39. The summed E-state index contributed by atoms with van der Waals surface area (Å²) in [6.45, 7) is 0.477. The predicted molar refractivity (Wildman–Crippen MR) is 86.0 cm³/mol. The molecule has 0 fully saturated rings. The van der Waals surface area contributed by atoms with Crippen LogP contribution >= 0.6 is 11.6 Å². The monoisotopic (exact) mass is 326 g/mol. The van der Waals surface area contributed by atoms with E-state index in [2.05, 4.69) is 30.2 Å². The first-order valence-electron chi connectivity index (χ1n) is 6.89. The molecule has 0 saturated heterocycles. The molecule has 0 saturated carbocycles. The van der Waals surface area contributed by atoms with Gasteiger partial charge in [0.2, 0.25) is 5.28 Å². The van der Waals surface area contributed by atoms with Gasteiger partial charge in [-0.3, -0.25) is 4.98 Å². The third kappa shape index (κ3) is 2.74. The van der Waals surface area contributed by atoms with Crippen molar-refractivity contribution in [2.75, 3.05) is 5.32 Å². The summed E-state index contributed by atoms with van der Waals surface area (Å²) in [6.07, 6.45) is 5.05. The number of nitrogens with zero attached hydrogens (tertiary/aromatic N) is 4. The quantitative estimate of drug-likeness (QED) is 0.559. The molecule has 0 aliphatic carbocycles. The molecule has 4 rings (SSSR count). The van der Waals surface area contributed by atoms with Crippen molar-refractivity contribution in [3.8, 4) is 11.4 Å². The van der Waals surface area contributed by atoms with E-state index in [4.69, 9.17) is 16.0 Å². The Morgan fingerprint density at radius 3 is 2.91 bits per heavy atom. The number of hydrogen-bond donors (Lipinski definition) is 2. The van der Waals surface area contributed by atoms with Gasteiger partial charge >= 0.3 is 0 Å². The van der Waals surface area contributed by atoms with Crippen LogP contribution in [0, 0.1) is 0 Å². The highest BCUT2D eigenvalue weighted by atomic mass is 35.5. The van der Waals surface area contributed by atoms with E-state index in [0.29, 0.717) is 29.4 Å². The zero-order valence-electron chi connectivity index (χ0n) is 11.8. The zero-order valence-corrected chi connectivity index (χ0v) is 12.6. The Labute approximate surface area is 135 Å². The van der Waals surface area contributed by atoms with Gasteiger partial charge in [-0.25, -0.2) is 4.98 Å². The van der Waals surface area contributed by atoms with Crippen LogP contribution in [0.25, 0.3) is 22.6 Å². The van der Waals surface area contributed by atoms with Crippen LogP contribution in [0.2, 0.25) is 5.28 Å². The summed E-state index contributed by atoms with van der Waals surface area (Å²) in [5.41, 5.74) is 2.03. The van der Waals surface area contributed by atoms with Crippen molar-refractivity contribution in [1.29, 1.82) is 0 Å². The topological polar surface area (TPSA) is 92.5 Å². The average molecular weight is 327 g/mol. The number of pyridine rings is 1. The first kappa shape index (κ1) is 13.7. The molecule has 0 radical (unpaired) electrons. The van der Waals surface area contributed by atoms with Crippen LogP contribution < -0.4 is 5.32 Å². The third-order valence-electron chi connectivity index (χ3n) is 3.26. The van der Waals surface area contributed by atoms with E-state index in [1.165, 1.54) is 0 Å². The van der Waals surface area contributed by atoms with Crippen molar-refractivity contribution in [3.63, 3.8) is 0 Å². The number of imidazole rings is 1. The van der Waals surface area contributed by atoms with E-state index >= 15 is 0 Å². The molecule has 4 heterocycles. The Hall–Kier alpha value is -2.93. The van der Waals surface area contributed by atoms with Crippen molar-refractivity contribution in [3.05, 3.63) is 54.0 Å². The Balaban J connectivity index is 1.73. The standard InChI is InChI=1S/C15H11ClN6O/c16-15-21-13(18-8-10-4-2-6-23-10)11-14(22-15)20-12(19-11)9-3-1-5-17-7-9/h1-7H,8H2,(H2,18,19,20,21,22). The molecule has 8 heteroatoms. The largest absolute Gasteiger partial charge is 0.467 e. The van der Waals surface area contributed by atoms with E-state index in [1.54, 1.807) is 18.7 Å². The van der Waals surface area contributed by atoms with Gasteiger partial charge in [0.05, 0.1) is 12.8 Å². The van der Waals surface area contributed by atoms with E-state index in [1.807, 2.05) is 24.3 Å². The Bertz CT molecular complexity index is 935. The zero-order chi connectivity index (χ0) is 15.6. The molecule has 0 amide bonds. The highest BCUT2D eigenvalue weighted by Gasteiger charge is 2.13. The van der Waals surface area contributed by atoms with Gasteiger partial charge in [0.15, 0.2) is 17.0 Å². The number of hydrogen-bond acceptors (Lipinski definition) is 6. The molecule has 0 atom stereocenters. The minimum absolute atomic E-state index is 0.140. The summed E-state index contributed by atoms with van der Waals surface area (Å²) in [6, 6.07) is 7.46. The van der Waals surface area contributed by atoms with Gasteiger partial charge in [-0.1, -0.05) is 0 Å². The molecule has 0 spiro atoms. The van der Waals surface area contributed by atoms with Gasteiger partial charge in [-0.15, -0.1) is 0 Å². The van der Waals surface area contributed by atoms with Gasteiger partial charge < -0.3 is 14.7 Å². The van der Waals surface area contributed by atoms with Crippen LogP contribution in [-0.4, -0.2) is 24.9 Å². The van der Waals surface area contributed by atoms with E-state index in [9.17, 15) is 0 Å². The summed E-state index contributed by atoms with van der Waals surface area (Å²) in [5.74, 6) is 1.99. The average Bonchev–Trinajstić information content (AvgIpc) is 3.22. The van der Waals surface area contributed by atoms with Crippen molar-refractivity contribution in [1.82, 2.24) is 24.9 Å². The summed E-state index contributed by atoms with van der Waals surface area (Å²) in [5, 5.41) is 3.31. The molecular weight excluding hydrogens is 316 g/mol. The van der Waals surface area contributed by atoms with E-state index < -0.39 is 0 Å². The lowest BCUT2D eigenvalue weighted by atomic mass is 10.3. The number of rotatable bonds is 4. The molecule has 0 bridgehead atoms. The summed E-state index contributed by atoms with van der Waals surface area (Å²) in [4.78, 5) is 20.2. The first-order valence-corrected chi connectivity index (χ1v) is 7.27. The summed E-state index contributed by atoms with van der Waals surface area (Å²) in [7, 11) is 0. The fraction of sp³-hybridized carbons (Fsp3) is 0.0667. The number of anilines is 1. The first-order chi connectivity index (χ1) is 11.3. The molecular formula is C15H11ClN6O. The molecule has 0 aromatic carbocycles. The van der Waals surface area contributed by atoms with Gasteiger partial charge in [-0.2, -0.15) is 9.97 Å². The minimum atomic E-state index is 0.140. The van der Waals surface area contributed by atoms with E-state index in [-0.39, 0.29) is 5.28 Å². The number of H-pyrrole nitrogens is 1. The maximum absolute atomic E-state index is 5.99. The molecule has 0 aliphatic heterocycles. The van der Waals surface area contributed by atoms with Gasteiger partial charge in [0, 0.05) is 18.0 Å². The molecule has 0 aliphatic rings.